The Morgan fingerprint density at radius 2 is 2.18 bits per heavy atom. The lowest BCUT2D eigenvalue weighted by atomic mass is 10.1. The van der Waals surface area contributed by atoms with Gasteiger partial charge in [0.25, 0.3) is 0 Å². The molecule has 22 heavy (non-hydrogen) atoms. The van der Waals surface area contributed by atoms with Gasteiger partial charge in [0.1, 0.15) is 6.04 Å². The van der Waals surface area contributed by atoms with Gasteiger partial charge in [0.15, 0.2) is 0 Å². The van der Waals surface area contributed by atoms with E-state index in [-0.39, 0.29) is 12.5 Å². The van der Waals surface area contributed by atoms with E-state index in [4.69, 9.17) is 10.5 Å². The number of hydrogen-bond donors (Lipinski definition) is 2. The van der Waals surface area contributed by atoms with Gasteiger partial charge in [0.2, 0.25) is 5.91 Å². The van der Waals surface area contributed by atoms with Crippen LogP contribution in [0.15, 0.2) is 41.1 Å². The molecule has 0 spiro atoms. The lowest BCUT2D eigenvalue weighted by Crippen LogP contribution is -2.39. The number of carbonyl (C=O) groups is 1. The van der Waals surface area contributed by atoms with E-state index in [1.54, 1.807) is 6.20 Å². The summed E-state index contributed by atoms with van der Waals surface area (Å²) < 4.78 is 7.71. The molecule has 1 aromatic heterocycles. The fourth-order valence-corrected chi connectivity index (χ4v) is 2.28. The minimum atomic E-state index is -0.664. The monoisotopic (exact) mass is 366 g/mol. The summed E-state index contributed by atoms with van der Waals surface area (Å²) in [6.07, 6.45) is 4.57. The Hall–Kier alpha value is -1.70. The predicted octanol–water partition coefficient (Wildman–Crippen LogP) is 1.80. The highest BCUT2D eigenvalue weighted by Crippen LogP contribution is 2.12. The van der Waals surface area contributed by atoms with Gasteiger partial charge in [-0.2, -0.15) is 5.10 Å². The molecule has 6 nitrogen and oxygen atoms in total. The maximum Gasteiger partial charge on any atom is 0.243 e. The van der Waals surface area contributed by atoms with Crippen LogP contribution >= 0.6 is 15.9 Å². The van der Waals surface area contributed by atoms with Crippen molar-refractivity contribution in [2.24, 2.45) is 5.73 Å². The molecule has 118 valence electrons. The first kappa shape index (κ1) is 16.7. The minimum Gasteiger partial charge on any atom is -0.383 e. The summed E-state index contributed by atoms with van der Waals surface area (Å²) in [7, 11) is 1.51. The minimum absolute atomic E-state index is 0.198. The van der Waals surface area contributed by atoms with Crippen molar-refractivity contribution < 1.29 is 9.53 Å². The van der Waals surface area contributed by atoms with E-state index < -0.39 is 6.04 Å². The van der Waals surface area contributed by atoms with Gasteiger partial charge in [-0.15, -0.1) is 0 Å². The topological polar surface area (TPSA) is 82.2 Å². The van der Waals surface area contributed by atoms with E-state index in [9.17, 15) is 4.79 Å². The highest BCUT2D eigenvalue weighted by Gasteiger charge is 2.12. The van der Waals surface area contributed by atoms with Crippen LogP contribution in [0, 0.1) is 0 Å². The number of carbonyl (C=O) groups excluding carboxylic acids is 1. The van der Waals surface area contributed by atoms with Crippen molar-refractivity contribution in [3.8, 4) is 0 Å². The fourth-order valence-electron chi connectivity index (χ4n) is 1.95. The number of halogens is 1. The molecule has 0 radical (unpaired) electrons. The third-order valence-corrected chi connectivity index (χ3v) is 3.55. The number of methoxy groups -OCH3 is 1. The van der Waals surface area contributed by atoms with Gasteiger partial charge in [0.05, 0.1) is 17.3 Å². The normalized spacial score (nSPS) is 12.1. The molecule has 1 aromatic carbocycles. The van der Waals surface area contributed by atoms with Crippen LogP contribution in [0.1, 0.15) is 5.56 Å². The van der Waals surface area contributed by atoms with Crippen molar-refractivity contribution in [1.29, 1.82) is 0 Å². The molecule has 7 heteroatoms. The Labute approximate surface area is 137 Å². The van der Waals surface area contributed by atoms with Crippen LogP contribution in [0.4, 0.5) is 5.69 Å². The number of nitrogens with two attached hydrogens (primary N) is 1. The molecule has 3 N–H and O–H groups in total. The molecule has 2 aromatic rings. The second kappa shape index (κ2) is 8.07. The van der Waals surface area contributed by atoms with Gasteiger partial charge < -0.3 is 15.8 Å². The summed E-state index contributed by atoms with van der Waals surface area (Å²) in [5, 5.41) is 6.97. The van der Waals surface area contributed by atoms with Gasteiger partial charge in [-0.1, -0.05) is 12.1 Å². The van der Waals surface area contributed by atoms with E-state index in [2.05, 4.69) is 26.3 Å². The fraction of sp³-hybridized carbons (Fsp3) is 0.333. The highest BCUT2D eigenvalue weighted by molar-refractivity contribution is 9.10. The van der Waals surface area contributed by atoms with E-state index in [0.29, 0.717) is 0 Å². The first-order chi connectivity index (χ1) is 10.6. The second-order valence-electron chi connectivity index (χ2n) is 4.92. The molecule has 1 amide bonds. The Morgan fingerprint density at radius 3 is 2.77 bits per heavy atom. The number of ether oxygens (including phenoxy) is 1. The molecule has 0 saturated carbocycles. The molecule has 0 aliphatic rings. The maximum atomic E-state index is 11.8. The van der Waals surface area contributed by atoms with E-state index >= 15 is 0 Å². The average molecular weight is 367 g/mol. The quantitative estimate of drug-likeness (QED) is 0.782. The highest BCUT2D eigenvalue weighted by atomic mass is 79.9. The number of anilines is 1. The molecule has 1 unspecified atom stereocenters. The number of benzene rings is 1. The van der Waals surface area contributed by atoms with Crippen molar-refractivity contribution in [3.05, 3.63) is 46.7 Å². The van der Waals surface area contributed by atoms with E-state index in [1.807, 2.05) is 35.1 Å². The molecule has 1 atom stereocenters. The Bertz CT molecular complexity index is 612. The van der Waals surface area contributed by atoms with Gasteiger partial charge in [-0.3, -0.25) is 9.48 Å². The number of aromatic nitrogens is 2. The number of nitrogens with zero attached hydrogens (tertiary/aromatic N) is 2. The van der Waals surface area contributed by atoms with Crippen molar-refractivity contribution in [2.45, 2.75) is 19.0 Å². The average Bonchev–Trinajstić information content (AvgIpc) is 2.92. The summed E-state index contributed by atoms with van der Waals surface area (Å²) in [5.74, 6) is -0.254. The molecule has 0 bridgehead atoms. The largest absolute Gasteiger partial charge is 0.383 e. The van der Waals surface area contributed by atoms with Crippen molar-refractivity contribution in [1.82, 2.24) is 9.78 Å². The standard InChI is InChI=1S/C15H19BrN4O2/c1-22-10-14(17)15(21)19-13-4-2-11(3-5-13)6-7-20-9-12(16)8-18-20/h2-5,8-9,14H,6-7,10,17H2,1H3,(H,19,21). The predicted molar refractivity (Wildman–Crippen MR) is 88.6 cm³/mol. The zero-order valence-electron chi connectivity index (χ0n) is 12.3. The lowest BCUT2D eigenvalue weighted by Gasteiger charge is -2.11. The summed E-state index contributed by atoms with van der Waals surface area (Å²) >= 11 is 3.37. The zero-order chi connectivity index (χ0) is 15.9. The molecule has 1 heterocycles. The third-order valence-electron chi connectivity index (χ3n) is 3.14. The van der Waals surface area contributed by atoms with Gasteiger partial charge in [-0.05, 0) is 40.0 Å². The molecular formula is C15H19BrN4O2. The third kappa shape index (κ3) is 4.94. The number of hydrogen-bond acceptors (Lipinski definition) is 4. The van der Waals surface area contributed by atoms with Crippen molar-refractivity contribution in [3.63, 3.8) is 0 Å². The van der Waals surface area contributed by atoms with Gasteiger partial charge >= 0.3 is 0 Å². The van der Waals surface area contributed by atoms with Crippen molar-refractivity contribution in [2.75, 3.05) is 19.0 Å². The SMILES string of the molecule is COCC(N)C(=O)Nc1ccc(CCn2cc(Br)cn2)cc1. The Kier molecular flexibility index (Phi) is 6.11. The molecule has 0 aliphatic heterocycles. The van der Waals surface area contributed by atoms with Crippen LogP contribution in [0.5, 0.6) is 0 Å². The number of amides is 1. The van der Waals surface area contributed by atoms with Crippen LogP contribution in [0.25, 0.3) is 0 Å². The van der Waals surface area contributed by atoms with Gasteiger partial charge in [-0.25, -0.2) is 0 Å². The molecule has 0 aliphatic carbocycles. The molecule has 2 rings (SSSR count). The summed E-state index contributed by atoms with van der Waals surface area (Å²) in [6, 6.07) is 7.03. The first-order valence-electron chi connectivity index (χ1n) is 6.91. The van der Waals surface area contributed by atoms with Gasteiger partial charge in [0, 0.05) is 25.5 Å². The Morgan fingerprint density at radius 1 is 1.45 bits per heavy atom. The zero-order valence-corrected chi connectivity index (χ0v) is 13.9. The molecule has 0 saturated heterocycles. The number of nitrogens with one attached hydrogen (secondary N) is 1. The van der Waals surface area contributed by atoms with Crippen LogP contribution in [-0.2, 0) is 22.5 Å². The number of aryl methyl sites for hydroxylation is 2. The summed E-state index contributed by atoms with van der Waals surface area (Å²) in [4.78, 5) is 11.8. The smallest absolute Gasteiger partial charge is 0.243 e. The molecule has 0 fully saturated rings. The van der Waals surface area contributed by atoms with Crippen LogP contribution < -0.4 is 11.1 Å². The van der Waals surface area contributed by atoms with Crippen molar-refractivity contribution >= 4 is 27.5 Å². The second-order valence-corrected chi connectivity index (χ2v) is 5.84. The maximum absolute atomic E-state index is 11.8. The number of rotatable bonds is 7. The first-order valence-corrected chi connectivity index (χ1v) is 7.70. The lowest BCUT2D eigenvalue weighted by molar-refractivity contribution is -0.118. The summed E-state index contributed by atoms with van der Waals surface area (Å²) in [5.41, 5.74) is 7.57. The van der Waals surface area contributed by atoms with Crippen LogP contribution in [-0.4, -0.2) is 35.4 Å². The summed E-state index contributed by atoms with van der Waals surface area (Å²) in [6.45, 7) is 0.999. The van der Waals surface area contributed by atoms with E-state index in [1.165, 1.54) is 12.7 Å². The van der Waals surface area contributed by atoms with Crippen LogP contribution in [0.2, 0.25) is 0 Å². The van der Waals surface area contributed by atoms with E-state index in [0.717, 1.165) is 23.1 Å². The molecular weight excluding hydrogens is 348 g/mol. The Balaban J connectivity index is 1.86. The van der Waals surface area contributed by atoms with Crippen LogP contribution in [0.3, 0.4) is 0 Å².